The van der Waals surface area contributed by atoms with Crippen LogP contribution < -0.4 is 16.4 Å². The summed E-state index contributed by atoms with van der Waals surface area (Å²) >= 11 is 0. The standard InChI is InChI=1S/C28H26N5O5/c1-4-17-7-6-8-19(15-17)24-23(16(3)30-26(29)25(24)28(36)38-5-2)27(35)31-20-11-9-18(10-12-20)21-13-14-22(34)33(37)32-21/h1,6-12,15,24,30H,5,13-14,29H2,2-3H3,(H,31,35)/q-1. The van der Waals surface area contributed by atoms with Crippen molar-refractivity contribution in [2.75, 3.05) is 11.9 Å². The van der Waals surface area contributed by atoms with Gasteiger partial charge in [0.25, 0.3) is 5.91 Å². The second-order valence-corrected chi connectivity index (χ2v) is 8.66. The number of nitrogens with two attached hydrogens (primary N) is 1. The molecular weight excluding hydrogens is 486 g/mol. The summed E-state index contributed by atoms with van der Waals surface area (Å²) in [7, 11) is 0. The number of hydrazone groups is 1. The van der Waals surface area contributed by atoms with Gasteiger partial charge in [-0.05, 0) is 49.2 Å². The summed E-state index contributed by atoms with van der Waals surface area (Å²) in [6, 6.07) is 13.7. The average molecular weight is 513 g/mol. The Kier molecular flexibility index (Phi) is 7.60. The molecule has 38 heavy (non-hydrogen) atoms. The Morgan fingerprint density at radius 2 is 1.97 bits per heavy atom. The molecule has 1 atom stereocenters. The third-order valence-electron chi connectivity index (χ3n) is 6.20. The van der Waals surface area contributed by atoms with E-state index < -0.39 is 23.7 Å². The number of nitrogens with zero attached hydrogens (tertiary/aromatic N) is 2. The van der Waals surface area contributed by atoms with Gasteiger partial charge >= 0.3 is 5.97 Å². The Labute approximate surface area is 219 Å². The van der Waals surface area contributed by atoms with Gasteiger partial charge in [0, 0.05) is 35.4 Å². The summed E-state index contributed by atoms with van der Waals surface area (Å²) in [4.78, 5) is 38.0. The summed E-state index contributed by atoms with van der Waals surface area (Å²) in [6.45, 7) is 3.51. The highest BCUT2D eigenvalue weighted by molar-refractivity contribution is 6.09. The number of dihydropyridines is 1. The van der Waals surface area contributed by atoms with E-state index in [1.165, 1.54) is 0 Å². The molecule has 0 bridgehead atoms. The number of benzene rings is 2. The van der Waals surface area contributed by atoms with Gasteiger partial charge < -0.3 is 31.5 Å². The molecule has 1 unspecified atom stereocenters. The zero-order valence-electron chi connectivity index (χ0n) is 20.9. The molecule has 4 rings (SSSR count). The molecule has 0 aliphatic carbocycles. The lowest BCUT2D eigenvalue weighted by Crippen LogP contribution is -2.37. The summed E-state index contributed by atoms with van der Waals surface area (Å²) in [5.41, 5.74) is 9.90. The zero-order valence-corrected chi connectivity index (χ0v) is 20.9. The largest absolute Gasteiger partial charge is 0.735 e. The number of ether oxygens (including phenoxy) is 1. The highest BCUT2D eigenvalue weighted by atomic mass is 16.5. The molecule has 0 fully saturated rings. The monoisotopic (exact) mass is 512 g/mol. The van der Waals surface area contributed by atoms with E-state index in [9.17, 15) is 19.6 Å². The molecule has 2 aromatic carbocycles. The first kappa shape index (κ1) is 26.2. The third kappa shape index (κ3) is 5.28. The van der Waals surface area contributed by atoms with Crippen molar-refractivity contribution in [1.29, 1.82) is 0 Å². The van der Waals surface area contributed by atoms with Crippen molar-refractivity contribution < 1.29 is 19.1 Å². The normalized spacial score (nSPS) is 17.4. The number of anilines is 1. The molecule has 194 valence electrons. The van der Waals surface area contributed by atoms with E-state index >= 15 is 0 Å². The van der Waals surface area contributed by atoms with Crippen molar-refractivity contribution in [3.05, 3.63) is 93.1 Å². The van der Waals surface area contributed by atoms with Gasteiger partial charge in [0.1, 0.15) is 5.82 Å². The topological polar surface area (TPSA) is 149 Å². The maximum atomic E-state index is 13.6. The molecule has 2 amide bonds. The average Bonchev–Trinajstić information content (AvgIpc) is 2.90. The number of carbonyl (C=O) groups is 3. The number of hydrogen-bond donors (Lipinski definition) is 3. The van der Waals surface area contributed by atoms with Gasteiger partial charge in [0.15, 0.2) is 0 Å². The molecule has 2 aliphatic heterocycles. The third-order valence-corrected chi connectivity index (χ3v) is 6.20. The number of terminal acetylenes is 1. The minimum Gasteiger partial charge on any atom is -0.735 e. The van der Waals surface area contributed by atoms with E-state index in [-0.39, 0.29) is 35.2 Å². The number of allylic oxidation sites excluding steroid dienone is 1. The maximum absolute atomic E-state index is 13.6. The van der Waals surface area contributed by atoms with Crippen LogP contribution in [-0.2, 0) is 19.1 Å². The quantitative estimate of drug-likeness (QED) is 0.398. The first-order chi connectivity index (χ1) is 18.2. The second-order valence-electron chi connectivity index (χ2n) is 8.66. The first-order valence-electron chi connectivity index (χ1n) is 11.9. The molecule has 0 saturated carbocycles. The second kappa shape index (κ2) is 11.0. The maximum Gasteiger partial charge on any atom is 0.338 e. The minimum atomic E-state index is -0.833. The van der Waals surface area contributed by atoms with Crippen molar-refractivity contribution >= 4 is 29.2 Å². The molecule has 0 saturated heterocycles. The number of esters is 1. The van der Waals surface area contributed by atoms with E-state index in [0.717, 1.165) is 0 Å². The lowest BCUT2D eigenvalue weighted by atomic mass is 9.80. The highest BCUT2D eigenvalue weighted by Crippen LogP contribution is 2.38. The lowest BCUT2D eigenvalue weighted by Gasteiger charge is -2.30. The van der Waals surface area contributed by atoms with Crippen molar-refractivity contribution in [1.82, 2.24) is 10.5 Å². The number of amides is 2. The number of nitrogens with one attached hydrogen (secondary N) is 2. The lowest BCUT2D eigenvalue weighted by molar-refractivity contribution is -0.139. The number of hydrogen-bond acceptors (Lipinski definition) is 8. The van der Waals surface area contributed by atoms with Crippen LogP contribution in [0.4, 0.5) is 5.69 Å². The van der Waals surface area contributed by atoms with Crippen LogP contribution in [-0.4, -0.2) is 35.3 Å². The van der Waals surface area contributed by atoms with Gasteiger partial charge in [-0.25, -0.2) is 4.79 Å². The van der Waals surface area contributed by atoms with Crippen molar-refractivity contribution in [2.24, 2.45) is 10.8 Å². The van der Waals surface area contributed by atoms with Gasteiger partial charge in [-0.15, -0.1) is 6.42 Å². The Bertz CT molecular complexity index is 1430. The predicted molar refractivity (Wildman–Crippen MR) is 142 cm³/mol. The van der Waals surface area contributed by atoms with Gasteiger partial charge in [-0.3, -0.25) is 9.59 Å². The SMILES string of the molecule is C#Cc1cccc(C2C(C(=O)Nc3ccc(C4=NN([O-])C(=O)CC4)cc3)=C(C)NC(N)=C2C(=O)OCC)c1. The fourth-order valence-corrected chi connectivity index (χ4v) is 4.42. The fraction of sp³-hybridized carbons (Fsp3) is 0.214. The molecule has 2 aliphatic rings. The van der Waals surface area contributed by atoms with E-state index in [4.69, 9.17) is 16.9 Å². The number of hydroxylamine groups is 1. The van der Waals surface area contributed by atoms with Crippen molar-refractivity contribution in [3.8, 4) is 12.3 Å². The summed E-state index contributed by atoms with van der Waals surface area (Å²) in [5.74, 6) is 0.150. The molecule has 2 aromatic rings. The first-order valence-corrected chi connectivity index (χ1v) is 11.9. The zero-order chi connectivity index (χ0) is 27.4. The Hall–Kier alpha value is -4.88. The predicted octanol–water partition coefficient (Wildman–Crippen LogP) is 2.83. The molecule has 2 heterocycles. The van der Waals surface area contributed by atoms with Crippen LogP contribution in [0.25, 0.3) is 0 Å². The van der Waals surface area contributed by atoms with E-state index in [1.807, 2.05) is 0 Å². The highest BCUT2D eigenvalue weighted by Gasteiger charge is 2.38. The van der Waals surface area contributed by atoms with Gasteiger partial charge in [-0.2, -0.15) is 5.10 Å². The number of rotatable bonds is 6. The Balaban J connectivity index is 1.66. The van der Waals surface area contributed by atoms with Gasteiger partial charge in [0.05, 0.1) is 23.8 Å². The van der Waals surface area contributed by atoms with Crippen LogP contribution >= 0.6 is 0 Å². The van der Waals surface area contributed by atoms with Crippen LogP contribution in [0.15, 0.2) is 76.3 Å². The van der Waals surface area contributed by atoms with Crippen LogP contribution in [0.2, 0.25) is 0 Å². The van der Waals surface area contributed by atoms with Gasteiger partial charge in [-0.1, -0.05) is 30.2 Å². The van der Waals surface area contributed by atoms with Crippen LogP contribution in [0.5, 0.6) is 0 Å². The van der Waals surface area contributed by atoms with Crippen LogP contribution in [0, 0.1) is 17.6 Å². The molecule has 10 heteroatoms. The summed E-state index contributed by atoms with van der Waals surface area (Å²) in [5, 5.41) is 21.2. The van der Waals surface area contributed by atoms with Crippen LogP contribution in [0.1, 0.15) is 49.3 Å². The molecule has 10 nitrogen and oxygen atoms in total. The Morgan fingerprint density at radius 3 is 2.63 bits per heavy atom. The minimum absolute atomic E-state index is 0.0863. The number of carbonyl (C=O) groups excluding carboxylic acids is 3. The molecule has 0 radical (unpaired) electrons. The van der Waals surface area contributed by atoms with E-state index in [0.29, 0.717) is 40.2 Å². The molecular formula is C28H26N5O5-. The van der Waals surface area contributed by atoms with E-state index in [2.05, 4.69) is 21.7 Å². The van der Waals surface area contributed by atoms with E-state index in [1.54, 1.807) is 62.4 Å². The van der Waals surface area contributed by atoms with Gasteiger partial charge in [0.2, 0.25) is 5.91 Å². The van der Waals surface area contributed by atoms with Crippen LogP contribution in [0.3, 0.4) is 0 Å². The van der Waals surface area contributed by atoms with Crippen molar-refractivity contribution in [2.45, 2.75) is 32.6 Å². The van der Waals surface area contributed by atoms with Crippen molar-refractivity contribution in [3.63, 3.8) is 0 Å². The molecule has 4 N–H and O–H groups in total. The summed E-state index contributed by atoms with van der Waals surface area (Å²) in [6.07, 6.45) is 6.03. The Morgan fingerprint density at radius 1 is 1.24 bits per heavy atom. The fourth-order valence-electron chi connectivity index (χ4n) is 4.42. The summed E-state index contributed by atoms with van der Waals surface area (Å²) < 4.78 is 5.26. The smallest absolute Gasteiger partial charge is 0.338 e. The molecule has 0 aromatic heterocycles. The molecule has 0 spiro atoms.